The van der Waals surface area contributed by atoms with Crippen LogP contribution in [0.5, 0.6) is 11.5 Å². The lowest BCUT2D eigenvalue weighted by Crippen LogP contribution is -2.00. The van der Waals surface area contributed by atoms with Crippen molar-refractivity contribution in [3.63, 3.8) is 0 Å². The number of anilines is 1. The highest BCUT2D eigenvalue weighted by Gasteiger charge is 2.13. The second kappa shape index (κ2) is 7.48. The van der Waals surface area contributed by atoms with E-state index in [-0.39, 0.29) is 0 Å². The van der Waals surface area contributed by atoms with E-state index in [0.717, 1.165) is 39.3 Å². The zero-order valence-electron chi connectivity index (χ0n) is 15.8. The van der Waals surface area contributed by atoms with Gasteiger partial charge in [-0.3, -0.25) is 4.98 Å². The van der Waals surface area contributed by atoms with Crippen LogP contribution in [0.2, 0.25) is 0 Å². The molecule has 4 aromatic rings. The van der Waals surface area contributed by atoms with E-state index in [9.17, 15) is 0 Å². The van der Waals surface area contributed by atoms with Crippen molar-refractivity contribution >= 4 is 16.7 Å². The fourth-order valence-electron chi connectivity index (χ4n) is 3.06. The van der Waals surface area contributed by atoms with Gasteiger partial charge in [-0.15, -0.1) is 0 Å². The first-order valence-electron chi connectivity index (χ1n) is 8.72. The Labute approximate surface area is 162 Å². The Morgan fingerprint density at radius 2 is 1.82 bits per heavy atom. The molecule has 1 N–H and O–H groups in total. The first kappa shape index (κ1) is 17.7. The van der Waals surface area contributed by atoms with Crippen LogP contribution in [-0.2, 0) is 0 Å². The van der Waals surface area contributed by atoms with E-state index in [1.807, 2.05) is 43.4 Å². The van der Waals surface area contributed by atoms with Gasteiger partial charge in [0.25, 0.3) is 0 Å². The molecule has 7 heteroatoms. The van der Waals surface area contributed by atoms with Crippen LogP contribution < -0.4 is 14.8 Å². The van der Waals surface area contributed by atoms with Gasteiger partial charge in [0.1, 0.15) is 23.0 Å². The number of ether oxygens (including phenoxy) is 2. The summed E-state index contributed by atoms with van der Waals surface area (Å²) in [5.74, 6) is 2.77. The Morgan fingerprint density at radius 3 is 2.54 bits per heavy atom. The summed E-state index contributed by atoms with van der Waals surface area (Å²) in [5.41, 5.74) is 3.30. The van der Waals surface area contributed by atoms with Crippen molar-refractivity contribution in [1.29, 1.82) is 0 Å². The summed E-state index contributed by atoms with van der Waals surface area (Å²) in [7, 11) is 5.13. The van der Waals surface area contributed by atoms with E-state index < -0.39 is 0 Å². The lowest BCUT2D eigenvalue weighted by atomic mass is 10.0. The number of hydrogen-bond acceptors (Lipinski definition) is 7. The second-order valence-electron chi connectivity index (χ2n) is 6.03. The van der Waals surface area contributed by atoms with Gasteiger partial charge in [0, 0.05) is 30.4 Å². The molecule has 0 bridgehead atoms. The number of nitrogens with one attached hydrogen (secondary N) is 1. The molecule has 0 aliphatic heterocycles. The minimum atomic E-state index is 0.514. The van der Waals surface area contributed by atoms with E-state index in [1.165, 1.54) is 0 Å². The van der Waals surface area contributed by atoms with E-state index >= 15 is 0 Å². The van der Waals surface area contributed by atoms with E-state index in [2.05, 4.69) is 20.3 Å². The highest BCUT2D eigenvalue weighted by atomic mass is 16.5. The van der Waals surface area contributed by atoms with Gasteiger partial charge < -0.3 is 14.8 Å². The van der Waals surface area contributed by atoms with Gasteiger partial charge in [-0.2, -0.15) is 0 Å². The fraction of sp³-hybridized carbons (Fsp3) is 0.143. The summed E-state index contributed by atoms with van der Waals surface area (Å²) in [6.45, 7) is 0. The van der Waals surface area contributed by atoms with Crippen molar-refractivity contribution in [2.75, 3.05) is 26.6 Å². The monoisotopic (exact) mass is 373 g/mol. The molecule has 0 aliphatic carbocycles. The van der Waals surface area contributed by atoms with E-state index in [0.29, 0.717) is 11.5 Å². The lowest BCUT2D eigenvalue weighted by Gasteiger charge is -2.13. The molecule has 28 heavy (non-hydrogen) atoms. The number of benzene rings is 2. The van der Waals surface area contributed by atoms with Crippen molar-refractivity contribution in [2.45, 2.75) is 0 Å². The van der Waals surface area contributed by atoms with Gasteiger partial charge in [0.2, 0.25) is 0 Å². The molecule has 0 saturated carbocycles. The van der Waals surface area contributed by atoms with Crippen LogP contribution in [0.3, 0.4) is 0 Å². The van der Waals surface area contributed by atoms with Crippen LogP contribution >= 0.6 is 0 Å². The molecule has 0 atom stereocenters. The minimum absolute atomic E-state index is 0.514. The zero-order chi connectivity index (χ0) is 19.5. The van der Waals surface area contributed by atoms with Crippen molar-refractivity contribution in [1.82, 2.24) is 19.9 Å². The van der Waals surface area contributed by atoms with Crippen molar-refractivity contribution in [3.8, 4) is 34.1 Å². The number of nitrogens with zero attached hydrogens (tertiary/aromatic N) is 4. The summed E-state index contributed by atoms with van der Waals surface area (Å²) in [6, 6.07) is 11.7. The lowest BCUT2D eigenvalue weighted by molar-refractivity contribution is 0.404. The minimum Gasteiger partial charge on any atom is -0.497 e. The molecule has 2 aromatic heterocycles. The average molecular weight is 373 g/mol. The molecule has 0 amide bonds. The van der Waals surface area contributed by atoms with Gasteiger partial charge in [0.05, 0.1) is 25.9 Å². The van der Waals surface area contributed by atoms with Crippen LogP contribution in [0.4, 0.5) is 5.82 Å². The van der Waals surface area contributed by atoms with Gasteiger partial charge in [-0.1, -0.05) is 6.07 Å². The van der Waals surface area contributed by atoms with Gasteiger partial charge in [-0.05, 0) is 35.9 Å². The standard InChI is InChI=1S/C21H19N5O2/c1-22-20-15-6-4-13(16-11-14(27-2)5-7-19(16)28-3)10-17(15)25-21(26-20)18-12-23-8-9-24-18/h4-12H,1-3H3,(H,22,25,26). The fourth-order valence-corrected chi connectivity index (χ4v) is 3.06. The molecule has 0 fully saturated rings. The molecule has 0 aliphatic rings. The third kappa shape index (κ3) is 3.18. The molecule has 140 valence electrons. The molecule has 7 nitrogen and oxygen atoms in total. The molecular weight excluding hydrogens is 354 g/mol. The average Bonchev–Trinajstić information content (AvgIpc) is 2.77. The third-order valence-electron chi connectivity index (χ3n) is 4.44. The van der Waals surface area contributed by atoms with E-state index in [1.54, 1.807) is 32.8 Å². The molecule has 2 aromatic carbocycles. The molecule has 0 unspecified atom stereocenters. The van der Waals surface area contributed by atoms with Crippen LogP contribution in [0, 0.1) is 0 Å². The number of aromatic nitrogens is 4. The number of methoxy groups -OCH3 is 2. The third-order valence-corrected chi connectivity index (χ3v) is 4.44. The van der Waals surface area contributed by atoms with Gasteiger partial charge in [-0.25, -0.2) is 15.0 Å². The van der Waals surface area contributed by atoms with Crippen LogP contribution in [-0.4, -0.2) is 41.2 Å². The smallest absolute Gasteiger partial charge is 0.182 e. The maximum absolute atomic E-state index is 5.53. The predicted octanol–water partition coefficient (Wildman–Crippen LogP) is 3.81. The first-order valence-corrected chi connectivity index (χ1v) is 8.72. The molecular formula is C21H19N5O2. The van der Waals surface area contributed by atoms with Crippen molar-refractivity contribution in [2.24, 2.45) is 0 Å². The quantitative estimate of drug-likeness (QED) is 0.569. The molecule has 0 saturated heterocycles. The van der Waals surface area contributed by atoms with Crippen molar-refractivity contribution < 1.29 is 9.47 Å². The van der Waals surface area contributed by atoms with Crippen LogP contribution in [0.1, 0.15) is 0 Å². The predicted molar refractivity (Wildman–Crippen MR) is 109 cm³/mol. The first-order chi connectivity index (χ1) is 13.7. The highest BCUT2D eigenvalue weighted by Crippen LogP contribution is 2.35. The molecule has 2 heterocycles. The van der Waals surface area contributed by atoms with Gasteiger partial charge in [0.15, 0.2) is 5.82 Å². The second-order valence-corrected chi connectivity index (χ2v) is 6.03. The van der Waals surface area contributed by atoms with Crippen LogP contribution in [0.15, 0.2) is 55.0 Å². The Kier molecular flexibility index (Phi) is 4.72. The van der Waals surface area contributed by atoms with E-state index in [4.69, 9.17) is 14.5 Å². The zero-order valence-corrected chi connectivity index (χ0v) is 15.8. The summed E-state index contributed by atoms with van der Waals surface area (Å²) in [4.78, 5) is 17.7. The van der Waals surface area contributed by atoms with Gasteiger partial charge >= 0.3 is 0 Å². The summed E-state index contributed by atoms with van der Waals surface area (Å²) >= 11 is 0. The summed E-state index contributed by atoms with van der Waals surface area (Å²) < 4.78 is 10.9. The van der Waals surface area contributed by atoms with Crippen molar-refractivity contribution in [3.05, 3.63) is 55.0 Å². The SMILES string of the molecule is CNc1nc(-c2cnccn2)nc2cc(-c3cc(OC)ccc3OC)ccc12. The highest BCUT2D eigenvalue weighted by molar-refractivity contribution is 5.93. The largest absolute Gasteiger partial charge is 0.497 e. The molecule has 4 rings (SSSR count). The maximum Gasteiger partial charge on any atom is 0.182 e. The number of rotatable bonds is 5. The Balaban J connectivity index is 1.91. The molecule has 0 spiro atoms. The number of fused-ring (bicyclic) bond motifs is 1. The normalized spacial score (nSPS) is 10.7. The summed E-state index contributed by atoms with van der Waals surface area (Å²) in [6.07, 6.45) is 4.89. The summed E-state index contributed by atoms with van der Waals surface area (Å²) in [5, 5.41) is 4.05. The van der Waals surface area contributed by atoms with Crippen LogP contribution in [0.25, 0.3) is 33.5 Å². The topological polar surface area (TPSA) is 82.1 Å². The maximum atomic E-state index is 5.53. The Hall–Kier alpha value is -3.74. The number of hydrogen-bond donors (Lipinski definition) is 1. The Bertz CT molecular complexity index is 1130. The Morgan fingerprint density at radius 1 is 0.929 bits per heavy atom. The molecule has 0 radical (unpaired) electrons.